The standard InChI is InChI=1S/C28H33OS.C22H24B/c1-27(2,3)22-16-10-12-18-25(22)30(20-24(29)21-14-8-7-9-15-21)26-19-13-11-17-23(26)28(4,5)6;1-2-3-19-23(20-13-7-4-8-14-20,21-15-9-5-10-16-21)22-17-11-6-12-18-22/h7-19H,20H2,1-6H3;4-18H,2-3,19H2,1H3/q+1;-1. The van der Waals surface area contributed by atoms with Crippen LogP contribution in [0.15, 0.2) is 180 Å². The SMILES string of the molecule is CC(C)(C)c1ccccc1[S+](CC(=O)c1ccccc1)c1ccccc1C(C)(C)C.CCCC[B-](c1ccccc1)(c1ccccc1)c1ccccc1. The normalized spacial score (nSPS) is 11.8. The summed E-state index contributed by atoms with van der Waals surface area (Å²) < 4.78 is 0. The molecule has 0 aliphatic carbocycles. The van der Waals surface area contributed by atoms with Crippen molar-refractivity contribution in [1.82, 2.24) is 0 Å². The van der Waals surface area contributed by atoms with Gasteiger partial charge in [-0.05, 0) is 23.0 Å². The summed E-state index contributed by atoms with van der Waals surface area (Å²) in [5.74, 6) is 0.691. The first-order valence-electron chi connectivity index (χ1n) is 19.3. The largest absolute Gasteiger partial charge is 0.289 e. The third-order valence-corrected chi connectivity index (χ3v) is 12.7. The number of rotatable bonds is 11. The monoisotopic (exact) mass is 716 g/mol. The van der Waals surface area contributed by atoms with E-state index in [2.05, 4.69) is 188 Å². The molecule has 3 heteroatoms. The van der Waals surface area contributed by atoms with Gasteiger partial charge in [0.05, 0.1) is 17.0 Å². The topological polar surface area (TPSA) is 17.1 Å². The van der Waals surface area contributed by atoms with Crippen LogP contribution in [0.25, 0.3) is 0 Å². The van der Waals surface area contributed by atoms with Crippen LogP contribution in [0.4, 0.5) is 0 Å². The van der Waals surface area contributed by atoms with Crippen LogP contribution in [0.3, 0.4) is 0 Å². The maximum atomic E-state index is 13.3. The molecule has 0 aliphatic heterocycles. The van der Waals surface area contributed by atoms with Crippen LogP contribution in [0.2, 0.25) is 6.32 Å². The second-order valence-corrected chi connectivity index (χ2v) is 18.2. The van der Waals surface area contributed by atoms with Crippen molar-refractivity contribution in [1.29, 1.82) is 0 Å². The lowest BCUT2D eigenvalue weighted by Gasteiger charge is -2.43. The zero-order valence-corrected chi connectivity index (χ0v) is 33.7. The van der Waals surface area contributed by atoms with Crippen molar-refractivity contribution in [2.24, 2.45) is 0 Å². The summed E-state index contributed by atoms with van der Waals surface area (Å²) in [7, 11) is -0.347. The fourth-order valence-electron chi connectivity index (χ4n) is 7.65. The summed E-state index contributed by atoms with van der Waals surface area (Å²) in [6.07, 6.45) is 2.73. The number of Topliss-reactive ketones (excluding diaryl/α,β-unsaturated/α-hetero) is 1. The average molecular weight is 717 g/mol. The van der Waals surface area contributed by atoms with E-state index in [1.807, 2.05) is 30.3 Å². The summed E-state index contributed by atoms with van der Waals surface area (Å²) in [6, 6.07) is 60.2. The highest BCUT2D eigenvalue weighted by Crippen LogP contribution is 2.38. The Bertz CT molecular complexity index is 1860. The Hall–Kier alpha value is -4.60. The van der Waals surface area contributed by atoms with Gasteiger partial charge in [0.25, 0.3) is 0 Å². The van der Waals surface area contributed by atoms with E-state index in [0.29, 0.717) is 5.75 Å². The fraction of sp³-hybridized carbons (Fsp3) is 0.260. The molecule has 0 bridgehead atoms. The second-order valence-electron chi connectivity index (χ2n) is 16.2. The van der Waals surface area contributed by atoms with Crippen molar-refractivity contribution in [2.75, 3.05) is 5.75 Å². The van der Waals surface area contributed by atoms with Gasteiger partial charge in [-0.15, -0.1) is 0 Å². The van der Waals surface area contributed by atoms with Gasteiger partial charge in [0.1, 0.15) is 0 Å². The molecule has 6 aromatic rings. The Labute approximate surface area is 323 Å². The van der Waals surface area contributed by atoms with Crippen molar-refractivity contribution in [3.63, 3.8) is 0 Å². The summed E-state index contributed by atoms with van der Waals surface area (Å²) in [5.41, 5.74) is 7.77. The minimum absolute atomic E-state index is 0.00825. The molecule has 0 spiro atoms. The zero-order chi connectivity index (χ0) is 37.9. The molecule has 1 nitrogen and oxygen atoms in total. The molecule has 272 valence electrons. The Kier molecular flexibility index (Phi) is 13.4. The van der Waals surface area contributed by atoms with Gasteiger partial charge in [-0.25, -0.2) is 0 Å². The molecule has 0 radical (unpaired) electrons. The molecule has 0 fully saturated rings. The van der Waals surface area contributed by atoms with E-state index in [1.165, 1.54) is 56.5 Å². The van der Waals surface area contributed by atoms with E-state index in [0.717, 1.165) is 5.56 Å². The molecule has 0 saturated heterocycles. The van der Waals surface area contributed by atoms with Gasteiger partial charge in [0, 0.05) is 16.7 Å². The van der Waals surface area contributed by atoms with Crippen molar-refractivity contribution in [2.45, 2.75) is 88.2 Å². The molecule has 0 aromatic heterocycles. The number of ketones is 1. The van der Waals surface area contributed by atoms with Gasteiger partial charge in [-0.2, -0.15) is 22.7 Å². The zero-order valence-electron chi connectivity index (χ0n) is 32.9. The van der Waals surface area contributed by atoms with E-state index in [1.54, 1.807) is 0 Å². The minimum Gasteiger partial charge on any atom is -0.289 e. The molecule has 0 saturated carbocycles. The number of benzene rings is 6. The van der Waals surface area contributed by atoms with Crippen LogP contribution in [-0.2, 0) is 21.7 Å². The lowest BCUT2D eigenvalue weighted by atomic mass is 9.14. The maximum absolute atomic E-state index is 13.3. The third-order valence-electron chi connectivity index (χ3n) is 10.4. The first-order chi connectivity index (χ1) is 25.5. The highest BCUT2D eigenvalue weighted by Gasteiger charge is 2.38. The number of carbonyl (C=O) groups excluding carboxylic acids is 1. The smallest absolute Gasteiger partial charge is 0.212 e. The highest BCUT2D eigenvalue weighted by atomic mass is 32.2. The lowest BCUT2D eigenvalue weighted by molar-refractivity contribution is 0.102. The molecule has 0 amide bonds. The van der Waals surface area contributed by atoms with E-state index >= 15 is 0 Å². The van der Waals surface area contributed by atoms with Crippen LogP contribution >= 0.6 is 0 Å². The fourth-order valence-corrected chi connectivity index (χ4v) is 10.4. The predicted molar refractivity (Wildman–Crippen MR) is 234 cm³/mol. The second kappa shape index (κ2) is 18.0. The van der Waals surface area contributed by atoms with Gasteiger partial charge in [0.2, 0.25) is 5.78 Å². The van der Waals surface area contributed by atoms with Crippen molar-refractivity contribution in [3.8, 4) is 0 Å². The van der Waals surface area contributed by atoms with E-state index in [9.17, 15) is 4.79 Å². The number of unbranched alkanes of at least 4 members (excludes halogenated alkanes) is 1. The number of hydrogen-bond donors (Lipinski definition) is 0. The molecular weight excluding hydrogens is 659 g/mol. The quantitative estimate of drug-likeness (QED) is 0.0741. The Morgan fingerprint density at radius 2 is 0.830 bits per heavy atom. The van der Waals surface area contributed by atoms with Crippen LogP contribution in [0, 0.1) is 0 Å². The Morgan fingerprint density at radius 1 is 0.491 bits per heavy atom. The van der Waals surface area contributed by atoms with E-state index < -0.39 is 6.15 Å². The van der Waals surface area contributed by atoms with Crippen LogP contribution in [0.5, 0.6) is 0 Å². The summed E-state index contributed by atoms with van der Waals surface area (Å²) in [5, 5.41) is 0. The number of hydrogen-bond acceptors (Lipinski definition) is 1. The van der Waals surface area contributed by atoms with Gasteiger partial charge in [-0.1, -0.05) is 219 Å². The Morgan fingerprint density at radius 3 is 1.19 bits per heavy atom. The van der Waals surface area contributed by atoms with Gasteiger partial charge >= 0.3 is 0 Å². The molecule has 0 N–H and O–H groups in total. The first kappa shape index (κ1) is 39.6. The average Bonchev–Trinajstić information content (AvgIpc) is 3.18. The maximum Gasteiger partial charge on any atom is 0.212 e. The van der Waals surface area contributed by atoms with Gasteiger partial charge in [-0.3, -0.25) is 4.79 Å². The van der Waals surface area contributed by atoms with Crippen molar-refractivity contribution < 1.29 is 4.79 Å². The van der Waals surface area contributed by atoms with Crippen LogP contribution in [-0.4, -0.2) is 17.7 Å². The summed E-state index contributed by atoms with van der Waals surface area (Å²) >= 11 is 0. The molecule has 6 aromatic carbocycles. The molecule has 0 atom stereocenters. The molecule has 0 aliphatic rings. The van der Waals surface area contributed by atoms with Crippen LogP contribution < -0.4 is 16.4 Å². The predicted octanol–water partition coefficient (Wildman–Crippen LogP) is 11.2. The van der Waals surface area contributed by atoms with Crippen molar-refractivity contribution >= 4 is 39.2 Å². The summed E-state index contributed by atoms with van der Waals surface area (Å²) in [6.45, 7) is 15.8. The third kappa shape index (κ3) is 9.69. The van der Waals surface area contributed by atoms with E-state index in [-0.39, 0.29) is 27.5 Å². The first-order valence-corrected chi connectivity index (χ1v) is 20.7. The Balaban J connectivity index is 0.000000211. The highest BCUT2D eigenvalue weighted by molar-refractivity contribution is 7.97. The van der Waals surface area contributed by atoms with E-state index in [4.69, 9.17) is 0 Å². The number of carbonyl (C=O) groups is 1. The minimum atomic E-state index is -0.913. The van der Waals surface area contributed by atoms with Crippen LogP contribution in [0.1, 0.15) is 82.8 Å². The molecule has 0 heterocycles. The molecule has 6 rings (SSSR count). The van der Waals surface area contributed by atoms with Gasteiger partial charge in [0.15, 0.2) is 15.5 Å². The van der Waals surface area contributed by atoms with Gasteiger partial charge < -0.3 is 0 Å². The molecular formula is C50H57BOS. The molecule has 0 unspecified atom stereocenters. The van der Waals surface area contributed by atoms with Crippen molar-refractivity contribution in [3.05, 3.63) is 187 Å². The summed E-state index contributed by atoms with van der Waals surface area (Å²) in [4.78, 5) is 15.9. The molecule has 53 heavy (non-hydrogen) atoms. The lowest BCUT2D eigenvalue weighted by Crippen LogP contribution is -2.66.